The molecule has 0 aliphatic rings. The second-order valence-corrected chi connectivity index (χ2v) is 6.48. The summed E-state index contributed by atoms with van der Waals surface area (Å²) in [6.07, 6.45) is 1.62. The van der Waals surface area contributed by atoms with Crippen molar-refractivity contribution in [2.45, 2.75) is 44.2 Å². The van der Waals surface area contributed by atoms with Crippen molar-refractivity contribution in [1.29, 1.82) is 0 Å². The highest BCUT2D eigenvalue weighted by atomic mass is 35.5. The third kappa shape index (κ3) is 6.29. The van der Waals surface area contributed by atoms with Crippen LogP contribution in [0.25, 0.3) is 0 Å². The molecule has 80 valence electrons. The second-order valence-electron chi connectivity index (χ2n) is 3.41. The van der Waals surface area contributed by atoms with E-state index in [9.17, 15) is 8.42 Å². The molecule has 0 aromatic heterocycles. The first-order valence-electron chi connectivity index (χ1n) is 4.49. The number of sulfonamides is 1. The molecular weight excluding hydrogens is 210 g/mol. The summed E-state index contributed by atoms with van der Waals surface area (Å²) in [5.41, 5.74) is 0. The molecule has 0 aliphatic carbocycles. The lowest BCUT2D eigenvalue weighted by molar-refractivity contribution is 0.567. The smallest absolute Gasteiger partial charge is 0.213 e. The molecule has 1 unspecified atom stereocenters. The number of rotatable bonds is 6. The predicted molar refractivity (Wildman–Crippen MR) is 56.6 cm³/mol. The Balaban J connectivity index is 3.66. The standard InChI is InChI=1S/C8H18ClNO2S/c1-7(2)13(11,12)10-6-4-5-8(3)9/h7-8,10H,4-6H2,1-3H3. The minimum atomic E-state index is -3.09. The Morgan fingerprint density at radius 3 is 2.23 bits per heavy atom. The van der Waals surface area contributed by atoms with Gasteiger partial charge in [0.05, 0.1) is 5.25 Å². The van der Waals surface area contributed by atoms with Gasteiger partial charge in [-0.2, -0.15) is 0 Å². The minimum absolute atomic E-state index is 0.114. The van der Waals surface area contributed by atoms with Crippen LogP contribution in [0.3, 0.4) is 0 Å². The molecule has 0 spiro atoms. The number of alkyl halides is 1. The SMILES string of the molecule is CC(Cl)CCCNS(=O)(=O)C(C)C. The first kappa shape index (κ1) is 13.2. The third-order valence-electron chi connectivity index (χ3n) is 1.70. The summed E-state index contributed by atoms with van der Waals surface area (Å²) in [5, 5.41) is -0.246. The van der Waals surface area contributed by atoms with Gasteiger partial charge < -0.3 is 0 Å². The Bertz CT molecular complexity index is 224. The van der Waals surface area contributed by atoms with E-state index in [2.05, 4.69) is 4.72 Å². The van der Waals surface area contributed by atoms with E-state index in [1.54, 1.807) is 13.8 Å². The molecule has 3 nitrogen and oxygen atoms in total. The van der Waals surface area contributed by atoms with Crippen molar-refractivity contribution in [2.75, 3.05) is 6.54 Å². The highest BCUT2D eigenvalue weighted by molar-refractivity contribution is 7.90. The van der Waals surface area contributed by atoms with Gasteiger partial charge in [-0.25, -0.2) is 13.1 Å². The lowest BCUT2D eigenvalue weighted by Crippen LogP contribution is -2.31. The fourth-order valence-corrected chi connectivity index (χ4v) is 1.68. The molecule has 1 atom stereocenters. The van der Waals surface area contributed by atoms with Crippen molar-refractivity contribution in [3.63, 3.8) is 0 Å². The molecule has 0 bridgehead atoms. The number of halogens is 1. The average molecular weight is 228 g/mol. The van der Waals surface area contributed by atoms with Crippen LogP contribution in [0.4, 0.5) is 0 Å². The van der Waals surface area contributed by atoms with E-state index in [1.807, 2.05) is 6.92 Å². The molecule has 5 heteroatoms. The molecule has 0 rings (SSSR count). The molecule has 0 radical (unpaired) electrons. The van der Waals surface area contributed by atoms with Crippen molar-refractivity contribution in [3.8, 4) is 0 Å². The quantitative estimate of drug-likeness (QED) is 0.555. The van der Waals surface area contributed by atoms with Gasteiger partial charge in [0.2, 0.25) is 10.0 Å². The van der Waals surface area contributed by atoms with Crippen LogP contribution in [0.1, 0.15) is 33.6 Å². The van der Waals surface area contributed by atoms with Crippen LogP contribution in [-0.2, 0) is 10.0 Å². The number of nitrogens with one attached hydrogen (secondary N) is 1. The molecule has 0 saturated carbocycles. The largest absolute Gasteiger partial charge is 0.215 e. The summed E-state index contributed by atoms with van der Waals surface area (Å²) < 4.78 is 25.0. The van der Waals surface area contributed by atoms with Crippen LogP contribution in [0.5, 0.6) is 0 Å². The fourth-order valence-electron chi connectivity index (χ4n) is 0.764. The Morgan fingerprint density at radius 1 is 1.31 bits per heavy atom. The predicted octanol–water partition coefficient (Wildman–Crippen LogP) is 1.72. The van der Waals surface area contributed by atoms with Gasteiger partial charge in [0.15, 0.2) is 0 Å². The number of hydrogen-bond acceptors (Lipinski definition) is 2. The van der Waals surface area contributed by atoms with Crippen LogP contribution in [0.15, 0.2) is 0 Å². The normalized spacial score (nSPS) is 14.8. The van der Waals surface area contributed by atoms with Crippen LogP contribution >= 0.6 is 11.6 Å². The molecular formula is C8H18ClNO2S. The first-order chi connectivity index (χ1) is 5.86. The van der Waals surface area contributed by atoms with Crippen molar-refractivity contribution in [2.24, 2.45) is 0 Å². The molecule has 13 heavy (non-hydrogen) atoms. The zero-order chi connectivity index (χ0) is 10.5. The molecule has 1 N–H and O–H groups in total. The topological polar surface area (TPSA) is 46.2 Å². The lowest BCUT2D eigenvalue weighted by atomic mass is 10.2. The zero-order valence-electron chi connectivity index (χ0n) is 8.38. The van der Waals surface area contributed by atoms with Crippen LogP contribution in [0, 0.1) is 0 Å². The van der Waals surface area contributed by atoms with Gasteiger partial charge in [0.1, 0.15) is 0 Å². The van der Waals surface area contributed by atoms with E-state index in [-0.39, 0.29) is 10.6 Å². The molecule has 0 aliphatic heterocycles. The molecule has 0 aromatic carbocycles. The minimum Gasteiger partial charge on any atom is -0.215 e. The average Bonchev–Trinajstić information content (AvgIpc) is 1.97. The Labute approximate surface area is 85.9 Å². The number of hydrogen-bond donors (Lipinski definition) is 1. The summed E-state index contributed by atoms with van der Waals surface area (Å²) in [4.78, 5) is 0. The van der Waals surface area contributed by atoms with Gasteiger partial charge in [0, 0.05) is 11.9 Å². The molecule has 0 fully saturated rings. The van der Waals surface area contributed by atoms with E-state index in [0.717, 1.165) is 12.8 Å². The monoisotopic (exact) mass is 227 g/mol. The van der Waals surface area contributed by atoms with Crippen LogP contribution in [-0.4, -0.2) is 25.6 Å². The van der Waals surface area contributed by atoms with Crippen molar-refractivity contribution in [3.05, 3.63) is 0 Å². The van der Waals surface area contributed by atoms with Gasteiger partial charge in [-0.15, -0.1) is 11.6 Å². The van der Waals surface area contributed by atoms with E-state index >= 15 is 0 Å². The second kappa shape index (κ2) is 5.83. The summed E-state index contributed by atoms with van der Waals surface area (Å²) in [7, 11) is -3.09. The third-order valence-corrected chi connectivity index (χ3v) is 3.77. The van der Waals surface area contributed by atoms with E-state index < -0.39 is 10.0 Å². The molecule has 0 heterocycles. The van der Waals surface area contributed by atoms with E-state index in [1.165, 1.54) is 0 Å². The fraction of sp³-hybridized carbons (Fsp3) is 1.00. The lowest BCUT2D eigenvalue weighted by Gasteiger charge is -2.09. The van der Waals surface area contributed by atoms with Crippen molar-refractivity contribution < 1.29 is 8.42 Å². The highest BCUT2D eigenvalue weighted by Crippen LogP contribution is 2.03. The first-order valence-corrected chi connectivity index (χ1v) is 6.47. The van der Waals surface area contributed by atoms with Gasteiger partial charge in [-0.05, 0) is 33.6 Å². The summed E-state index contributed by atoms with van der Waals surface area (Å²) in [6, 6.07) is 0. The maximum absolute atomic E-state index is 11.2. The van der Waals surface area contributed by atoms with E-state index in [0.29, 0.717) is 6.54 Å². The van der Waals surface area contributed by atoms with Crippen LogP contribution < -0.4 is 4.72 Å². The van der Waals surface area contributed by atoms with Gasteiger partial charge >= 0.3 is 0 Å². The molecule has 0 amide bonds. The molecule has 0 saturated heterocycles. The summed E-state index contributed by atoms with van der Waals surface area (Å²) >= 11 is 5.71. The summed E-state index contributed by atoms with van der Waals surface area (Å²) in [6.45, 7) is 5.70. The van der Waals surface area contributed by atoms with Crippen LogP contribution in [0.2, 0.25) is 0 Å². The van der Waals surface area contributed by atoms with Gasteiger partial charge in [0.25, 0.3) is 0 Å². The maximum Gasteiger partial charge on any atom is 0.213 e. The Kier molecular flexibility index (Phi) is 5.92. The molecule has 0 aromatic rings. The zero-order valence-corrected chi connectivity index (χ0v) is 9.95. The Hall–Kier alpha value is 0.200. The van der Waals surface area contributed by atoms with Gasteiger partial charge in [-0.3, -0.25) is 0 Å². The van der Waals surface area contributed by atoms with E-state index in [4.69, 9.17) is 11.6 Å². The Morgan fingerprint density at radius 2 is 1.85 bits per heavy atom. The van der Waals surface area contributed by atoms with Gasteiger partial charge in [-0.1, -0.05) is 0 Å². The van der Waals surface area contributed by atoms with Crippen molar-refractivity contribution >= 4 is 21.6 Å². The summed E-state index contributed by atoms with van der Waals surface area (Å²) in [5.74, 6) is 0. The van der Waals surface area contributed by atoms with Crippen molar-refractivity contribution in [1.82, 2.24) is 4.72 Å². The highest BCUT2D eigenvalue weighted by Gasteiger charge is 2.13. The maximum atomic E-state index is 11.2.